The predicted octanol–water partition coefficient (Wildman–Crippen LogP) is 15.2. The van der Waals surface area contributed by atoms with Crippen LogP contribution in [0.15, 0.2) is 243 Å². The summed E-state index contributed by atoms with van der Waals surface area (Å²) in [7, 11) is 3.04. The Morgan fingerprint density at radius 1 is 0.403 bits per heavy atom. The van der Waals surface area contributed by atoms with E-state index in [1.807, 2.05) is 225 Å². The van der Waals surface area contributed by atoms with Crippen LogP contribution in [-0.2, 0) is 74.9 Å². The molecule has 0 unspecified atom stereocenters. The van der Waals surface area contributed by atoms with E-state index in [0.717, 1.165) is 44.6 Å². The summed E-state index contributed by atoms with van der Waals surface area (Å²) in [4.78, 5) is 46.1. The molecule has 0 amide bonds. The molecule has 77 heavy (non-hydrogen) atoms. The zero-order chi connectivity index (χ0) is 53.8. The minimum atomic E-state index is -0.363. The van der Waals surface area contributed by atoms with Gasteiger partial charge in [-0.25, -0.2) is 4.79 Å². The van der Waals surface area contributed by atoms with Gasteiger partial charge in [0.2, 0.25) is 0 Å². The van der Waals surface area contributed by atoms with Gasteiger partial charge in [-0.2, -0.15) is 0 Å². The van der Waals surface area contributed by atoms with Gasteiger partial charge in [0.15, 0.2) is 17.3 Å². The number of carbonyl (C=O) groups is 4. The maximum atomic E-state index is 11.6. The number of esters is 1. The molecule has 0 radical (unpaired) electrons. The van der Waals surface area contributed by atoms with Crippen LogP contribution in [-0.4, -0.2) is 50.7 Å². The predicted molar refractivity (Wildman–Crippen MR) is 314 cm³/mol. The first-order valence-electron chi connectivity index (χ1n) is 24.6. The van der Waals surface area contributed by atoms with Gasteiger partial charge in [-0.3, -0.25) is 14.4 Å². The Bertz CT molecular complexity index is 2590. The van der Waals surface area contributed by atoms with Crippen LogP contribution in [0.2, 0.25) is 0 Å². The van der Waals surface area contributed by atoms with Gasteiger partial charge in [0, 0.05) is 66.3 Å². The van der Waals surface area contributed by atoms with Crippen LogP contribution in [0.4, 0.5) is 5.69 Å². The first-order valence-corrected chi connectivity index (χ1v) is 24.6. The van der Waals surface area contributed by atoms with Gasteiger partial charge in [-0.1, -0.05) is 251 Å². The van der Waals surface area contributed by atoms with E-state index in [4.69, 9.17) is 4.74 Å². The van der Waals surface area contributed by atoms with Crippen LogP contribution in [0.3, 0.4) is 0 Å². The minimum absolute atomic E-state index is 0. The molecule has 7 aromatic carbocycles. The number of anilines is 1. The smallest absolute Gasteiger partial charge is 0.330 e. The molecule has 7 nitrogen and oxygen atoms in total. The minimum Gasteiger partial charge on any atom is -0.466 e. The molecule has 0 fully saturated rings. The Balaban J connectivity index is 0.000000349. The van der Waals surface area contributed by atoms with Crippen molar-refractivity contribution in [2.24, 2.45) is 0 Å². The fourth-order valence-corrected chi connectivity index (χ4v) is 6.46. The largest absolute Gasteiger partial charge is 0.466 e. The molecule has 0 atom stereocenters. The second kappa shape index (κ2) is 38.8. The Kier molecular flexibility index (Phi) is 32.9. The van der Waals surface area contributed by atoms with E-state index in [-0.39, 0.29) is 69.6 Å². The van der Waals surface area contributed by atoms with E-state index in [1.54, 1.807) is 49.6 Å². The molecule has 0 aliphatic carbocycles. The molecule has 0 saturated heterocycles. The van der Waals surface area contributed by atoms with Crippen molar-refractivity contribution in [1.29, 1.82) is 0 Å². The summed E-state index contributed by atoms with van der Waals surface area (Å²) in [6.07, 6.45) is 23.6. The zero-order valence-corrected chi connectivity index (χ0v) is 47.2. The van der Waals surface area contributed by atoms with Crippen molar-refractivity contribution < 1.29 is 69.5 Å². The number of benzene rings is 7. The Morgan fingerprint density at radius 2 is 0.688 bits per heavy atom. The van der Waals surface area contributed by atoms with Gasteiger partial charge in [0.05, 0.1) is 13.7 Å². The Labute approximate surface area is 483 Å². The third kappa shape index (κ3) is 29.2. The molecule has 400 valence electrons. The molecule has 0 bridgehead atoms. The molecule has 7 aromatic rings. The molecular weight excluding hydrogens is 1140 g/mol. The number of hydrogen-bond acceptors (Lipinski definition) is 7. The number of hydrogen-bond donors (Lipinski definition) is 1. The molecular formula is C68H67NO6Pd2. The molecule has 0 aliphatic rings. The first kappa shape index (κ1) is 65.4. The van der Waals surface area contributed by atoms with E-state index in [1.165, 1.54) is 18.7 Å². The average Bonchev–Trinajstić information content (AvgIpc) is 3.45. The quantitative estimate of drug-likeness (QED) is 0.0395. The van der Waals surface area contributed by atoms with Crippen molar-refractivity contribution in [3.8, 4) is 0 Å². The molecule has 0 saturated carbocycles. The van der Waals surface area contributed by atoms with Crippen molar-refractivity contribution >= 4 is 71.5 Å². The second-order valence-corrected chi connectivity index (χ2v) is 17.5. The van der Waals surface area contributed by atoms with Crippen LogP contribution in [0, 0.1) is 0 Å². The molecule has 0 spiro atoms. The summed E-state index contributed by atoms with van der Waals surface area (Å²) < 4.78 is 9.68. The Hall–Kier alpha value is -7.72. The number of allylic oxidation sites excluding steroid dienone is 6. The molecule has 0 aromatic heterocycles. The van der Waals surface area contributed by atoms with E-state index in [2.05, 4.69) is 43.0 Å². The zero-order valence-electron chi connectivity index (χ0n) is 44.1. The van der Waals surface area contributed by atoms with Gasteiger partial charge in [0.1, 0.15) is 0 Å². The molecule has 9 heteroatoms. The van der Waals surface area contributed by atoms with Crippen LogP contribution < -0.4 is 5.32 Å². The average molecular weight is 1210 g/mol. The number of nitrogens with one attached hydrogen (secondary N) is 1. The van der Waals surface area contributed by atoms with E-state index < -0.39 is 0 Å². The summed E-state index contributed by atoms with van der Waals surface area (Å²) in [6, 6.07) is 64.9. The van der Waals surface area contributed by atoms with Gasteiger partial charge in [-0.15, -0.1) is 0 Å². The summed E-state index contributed by atoms with van der Waals surface area (Å²) >= 11 is 0. The fraction of sp³-hybridized carbons (Fsp3) is 0.118. The molecule has 0 aliphatic heterocycles. The summed E-state index contributed by atoms with van der Waals surface area (Å²) in [5.41, 5.74) is 9.40. The SMILES string of the molecule is COCCNc1cc(C(C)(C)C)ccc1C=CC(=O)OC.O=C(C=Cc1ccccc1)C=Cc1ccccc1.O=C(C=Cc1ccccc1)C=Cc1ccccc1.O=C(C=Cc1ccccc1)C=Cc1ccccc1.[Pd].[Pd]. The number of ketones is 3. The molecule has 7 rings (SSSR count). The second-order valence-electron chi connectivity index (χ2n) is 17.5. The van der Waals surface area contributed by atoms with Gasteiger partial charge in [-0.05, 0) is 98.5 Å². The third-order valence-electron chi connectivity index (χ3n) is 10.6. The van der Waals surface area contributed by atoms with Crippen molar-refractivity contribution in [2.45, 2.75) is 26.2 Å². The van der Waals surface area contributed by atoms with Crippen molar-refractivity contribution in [2.75, 3.05) is 32.7 Å². The number of ether oxygens (including phenoxy) is 2. The van der Waals surface area contributed by atoms with Crippen molar-refractivity contribution in [3.05, 3.63) is 287 Å². The third-order valence-corrected chi connectivity index (χ3v) is 10.6. The topological polar surface area (TPSA) is 98.8 Å². The molecule has 0 heterocycles. The Morgan fingerprint density at radius 3 is 0.935 bits per heavy atom. The van der Waals surface area contributed by atoms with E-state index in [0.29, 0.717) is 13.2 Å². The van der Waals surface area contributed by atoms with Crippen LogP contribution in [0.25, 0.3) is 42.5 Å². The molecule has 1 N–H and O–H groups in total. The van der Waals surface area contributed by atoms with Crippen molar-refractivity contribution in [3.63, 3.8) is 0 Å². The van der Waals surface area contributed by atoms with E-state index in [9.17, 15) is 19.2 Å². The summed E-state index contributed by atoms with van der Waals surface area (Å²) in [6.45, 7) is 7.85. The first-order chi connectivity index (χ1) is 36.4. The summed E-state index contributed by atoms with van der Waals surface area (Å²) in [5, 5.41) is 3.34. The summed E-state index contributed by atoms with van der Waals surface area (Å²) in [5.74, 6) is -0.397. The normalized spacial score (nSPS) is 11.0. The van der Waals surface area contributed by atoms with E-state index >= 15 is 0 Å². The fourth-order valence-electron chi connectivity index (χ4n) is 6.46. The number of rotatable bonds is 18. The number of methoxy groups -OCH3 is 2. The van der Waals surface area contributed by atoms with Crippen LogP contribution in [0.5, 0.6) is 0 Å². The monoisotopic (exact) mass is 1210 g/mol. The van der Waals surface area contributed by atoms with Gasteiger partial charge in [0.25, 0.3) is 0 Å². The maximum Gasteiger partial charge on any atom is 0.330 e. The van der Waals surface area contributed by atoms with Crippen LogP contribution >= 0.6 is 0 Å². The van der Waals surface area contributed by atoms with Gasteiger partial charge < -0.3 is 14.8 Å². The van der Waals surface area contributed by atoms with Gasteiger partial charge >= 0.3 is 5.97 Å². The number of carbonyl (C=O) groups excluding carboxylic acids is 4. The maximum absolute atomic E-state index is 11.6. The standard InChI is InChI=1S/C17H25NO3.3C17H14O.2Pd/c1-17(2,3)14-8-6-13(7-9-16(19)21-5)15(12-14)18-10-11-20-4;3*18-17(13-11-15-7-3-1-4-8-15)14-12-16-9-5-2-6-10-16;;/h6-9,12,18H,10-11H2,1-5H3;3*1-14H;;. The van der Waals surface area contributed by atoms with Crippen LogP contribution in [0.1, 0.15) is 65.3 Å². The van der Waals surface area contributed by atoms with Crippen molar-refractivity contribution in [1.82, 2.24) is 0 Å².